The lowest BCUT2D eigenvalue weighted by Crippen LogP contribution is -2.40. The molecule has 0 unspecified atom stereocenters. The van der Waals surface area contributed by atoms with Crippen LogP contribution in [0.1, 0.15) is 43.1 Å². The summed E-state index contributed by atoms with van der Waals surface area (Å²) in [6.07, 6.45) is 6.53. The van der Waals surface area contributed by atoms with E-state index >= 15 is 0 Å². The molecular weight excluding hydrogens is 258 g/mol. The number of ether oxygens (including phenoxy) is 1. The first-order valence-corrected chi connectivity index (χ1v) is 6.89. The van der Waals surface area contributed by atoms with Crippen LogP contribution in [-0.4, -0.2) is 40.3 Å². The molecule has 0 aromatic carbocycles. The standard InChI is InChI=1S/C14H21N3O3/c1-10-3-5-14(19,6-4-10)9-17-12-8-15-11(7-16-12)13(18)20-2/h7-8,10,19H,3-6,9H2,1-2H3,(H,16,17). The summed E-state index contributed by atoms with van der Waals surface area (Å²) in [5, 5.41) is 13.5. The van der Waals surface area contributed by atoms with Crippen molar-refractivity contribution in [2.75, 3.05) is 19.0 Å². The van der Waals surface area contributed by atoms with Crippen LogP contribution in [0.5, 0.6) is 0 Å². The number of aromatic nitrogens is 2. The predicted molar refractivity (Wildman–Crippen MR) is 74.4 cm³/mol. The third-order valence-corrected chi connectivity index (χ3v) is 3.85. The van der Waals surface area contributed by atoms with Crippen molar-refractivity contribution in [3.63, 3.8) is 0 Å². The number of methoxy groups -OCH3 is 1. The highest BCUT2D eigenvalue weighted by Crippen LogP contribution is 2.31. The van der Waals surface area contributed by atoms with Gasteiger partial charge in [-0.1, -0.05) is 6.92 Å². The molecule has 1 saturated carbocycles. The lowest BCUT2D eigenvalue weighted by molar-refractivity contribution is 0.00493. The Labute approximate surface area is 118 Å². The molecule has 0 amide bonds. The molecule has 0 aliphatic heterocycles. The van der Waals surface area contributed by atoms with Crippen LogP contribution < -0.4 is 5.32 Å². The van der Waals surface area contributed by atoms with Crippen LogP contribution in [0.15, 0.2) is 12.4 Å². The van der Waals surface area contributed by atoms with Crippen molar-refractivity contribution in [3.05, 3.63) is 18.1 Å². The Kier molecular flexibility index (Phi) is 4.54. The molecule has 0 spiro atoms. The van der Waals surface area contributed by atoms with E-state index in [0.29, 0.717) is 18.3 Å². The molecule has 1 fully saturated rings. The molecule has 1 heterocycles. The molecule has 6 heteroatoms. The van der Waals surface area contributed by atoms with Gasteiger partial charge < -0.3 is 15.2 Å². The van der Waals surface area contributed by atoms with Crippen LogP contribution in [0.25, 0.3) is 0 Å². The summed E-state index contributed by atoms with van der Waals surface area (Å²) >= 11 is 0. The average molecular weight is 279 g/mol. The van der Waals surface area contributed by atoms with E-state index in [1.54, 1.807) is 0 Å². The first kappa shape index (κ1) is 14.7. The van der Waals surface area contributed by atoms with Crippen LogP contribution in [0.4, 0.5) is 5.82 Å². The minimum absolute atomic E-state index is 0.170. The lowest BCUT2D eigenvalue weighted by Gasteiger charge is -2.35. The number of carbonyl (C=O) groups is 1. The van der Waals surface area contributed by atoms with E-state index in [1.165, 1.54) is 19.5 Å². The molecular formula is C14H21N3O3. The molecule has 1 aromatic rings. The third kappa shape index (κ3) is 3.66. The van der Waals surface area contributed by atoms with E-state index in [4.69, 9.17) is 0 Å². The smallest absolute Gasteiger partial charge is 0.358 e. The van der Waals surface area contributed by atoms with Crippen LogP contribution in [0.2, 0.25) is 0 Å². The molecule has 0 atom stereocenters. The van der Waals surface area contributed by atoms with Crippen molar-refractivity contribution in [3.8, 4) is 0 Å². The average Bonchev–Trinajstić information content (AvgIpc) is 2.48. The van der Waals surface area contributed by atoms with Crippen molar-refractivity contribution in [1.82, 2.24) is 9.97 Å². The summed E-state index contributed by atoms with van der Waals surface area (Å²) in [4.78, 5) is 19.3. The van der Waals surface area contributed by atoms with Gasteiger partial charge in [-0.3, -0.25) is 0 Å². The Morgan fingerprint density at radius 2 is 2.15 bits per heavy atom. The first-order valence-electron chi connectivity index (χ1n) is 6.89. The van der Waals surface area contributed by atoms with Crippen molar-refractivity contribution in [1.29, 1.82) is 0 Å². The van der Waals surface area contributed by atoms with Gasteiger partial charge in [-0.25, -0.2) is 14.8 Å². The van der Waals surface area contributed by atoms with Crippen LogP contribution in [0.3, 0.4) is 0 Å². The Balaban J connectivity index is 1.89. The fourth-order valence-electron chi connectivity index (χ4n) is 2.36. The van der Waals surface area contributed by atoms with Crippen molar-refractivity contribution >= 4 is 11.8 Å². The summed E-state index contributed by atoms with van der Waals surface area (Å²) in [7, 11) is 1.30. The molecule has 0 radical (unpaired) electrons. The number of carbonyl (C=O) groups excluding carboxylic acids is 1. The summed E-state index contributed by atoms with van der Waals surface area (Å²) in [5.74, 6) is 0.725. The number of nitrogens with one attached hydrogen (secondary N) is 1. The number of hydrogen-bond acceptors (Lipinski definition) is 6. The lowest BCUT2D eigenvalue weighted by atomic mass is 9.79. The predicted octanol–water partition coefficient (Wildman–Crippen LogP) is 1.62. The molecule has 2 N–H and O–H groups in total. The van der Waals surface area contributed by atoms with Crippen LogP contribution in [-0.2, 0) is 4.74 Å². The molecule has 2 rings (SSSR count). The van der Waals surface area contributed by atoms with Gasteiger partial charge in [-0.05, 0) is 31.6 Å². The van der Waals surface area contributed by atoms with Gasteiger partial charge in [0.15, 0.2) is 5.69 Å². The first-order chi connectivity index (χ1) is 9.52. The quantitative estimate of drug-likeness (QED) is 0.815. The van der Waals surface area contributed by atoms with Gasteiger partial charge in [0.2, 0.25) is 0 Å². The van der Waals surface area contributed by atoms with E-state index < -0.39 is 11.6 Å². The van der Waals surface area contributed by atoms with Crippen molar-refractivity contribution in [2.45, 2.75) is 38.2 Å². The molecule has 110 valence electrons. The summed E-state index contributed by atoms with van der Waals surface area (Å²) in [6, 6.07) is 0. The summed E-state index contributed by atoms with van der Waals surface area (Å²) in [5.41, 5.74) is -0.502. The zero-order valence-electron chi connectivity index (χ0n) is 11.9. The number of rotatable bonds is 4. The van der Waals surface area contributed by atoms with Gasteiger partial charge in [0.05, 0.1) is 25.1 Å². The van der Waals surface area contributed by atoms with Gasteiger partial charge in [0, 0.05) is 6.54 Å². The fourth-order valence-corrected chi connectivity index (χ4v) is 2.36. The molecule has 6 nitrogen and oxygen atoms in total. The van der Waals surface area contributed by atoms with Crippen molar-refractivity contribution < 1.29 is 14.6 Å². The van der Waals surface area contributed by atoms with Gasteiger partial charge >= 0.3 is 5.97 Å². The Morgan fingerprint density at radius 3 is 2.70 bits per heavy atom. The molecule has 1 aromatic heterocycles. The third-order valence-electron chi connectivity index (χ3n) is 3.85. The van der Waals surface area contributed by atoms with Gasteiger partial charge in [-0.15, -0.1) is 0 Å². The molecule has 1 aliphatic carbocycles. The van der Waals surface area contributed by atoms with E-state index in [-0.39, 0.29) is 5.69 Å². The topological polar surface area (TPSA) is 84.3 Å². The highest BCUT2D eigenvalue weighted by atomic mass is 16.5. The zero-order chi connectivity index (χ0) is 14.6. The Bertz CT molecular complexity index is 453. The second-order valence-electron chi connectivity index (χ2n) is 5.54. The number of aliphatic hydroxyl groups is 1. The van der Waals surface area contributed by atoms with Gasteiger partial charge in [0.1, 0.15) is 5.82 Å². The van der Waals surface area contributed by atoms with Gasteiger partial charge in [-0.2, -0.15) is 0 Å². The molecule has 0 bridgehead atoms. The second-order valence-corrected chi connectivity index (χ2v) is 5.54. The number of anilines is 1. The Morgan fingerprint density at radius 1 is 1.45 bits per heavy atom. The van der Waals surface area contributed by atoms with Crippen LogP contribution in [0, 0.1) is 5.92 Å². The maximum Gasteiger partial charge on any atom is 0.358 e. The number of esters is 1. The van der Waals surface area contributed by atoms with Crippen molar-refractivity contribution in [2.24, 2.45) is 5.92 Å². The monoisotopic (exact) mass is 279 g/mol. The summed E-state index contributed by atoms with van der Waals surface area (Å²) < 4.78 is 4.56. The van der Waals surface area contributed by atoms with E-state index in [0.717, 1.165) is 25.7 Å². The zero-order valence-corrected chi connectivity index (χ0v) is 11.9. The molecule has 0 saturated heterocycles. The highest BCUT2D eigenvalue weighted by molar-refractivity contribution is 5.86. The minimum Gasteiger partial charge on any atom is -0.464 e. The number of nitrogens with zero attached hydrogens (tertiary/aromatic N) is 2. The Hall–Kier alpha value is -1.69. The largest absolute Gasteiger partial charge is 0.464 e. The van der Waals surface area contributed by atoms with E-state index in [9.17, 15) is 9.90 Å². The fraction of sp³-hybridized carbons (Fsp3) is 0.643. The molecule has 20 heavy (non-hydrogen) atoms. The SMILES string of the molecule is COC(=O)c1cnc(NCC2(O)CCC(C)CC2)cn1. The minimum atomic E-state index is -0.671. The highest BCUT2D eigenvalue weighted by Gasteiger charge is 2.31. The second kappa shape index (κ2) is 6.17. The maximum absolute atomic E-state index is 11.2. The number of hydrogen-bond donors (Lipinski definition) is 2. The summed E-state index contributed by atoms with van der Waals surface area (Å²) in [6.45, 7) is 2.66. The van der Waals surface area contributed by atoms with Gasteiger partial charge in [0.25, 0.3) is 0 Å². The van der Waals surface area contributed by atoms with E-state index in [1.807, 2.05) is 0 Å². The van der Waals surface area contributed by atoms with E-state index in [2.05, 4.69) is 26.9 Å². The molecule has 1 aliphatic rings. The normalized spacial score (nSPS) is 26.1. The van der Waals surface area contributed by atoms with Crippen LogP contribution >= 0.6 is 0 Å². The maximum atomic E-state index is 11.2.